The van der Waals surface area contributed by atoms with Crippen molar-refractivity contribution in [2.45, 2.75) is 52.1 Å². The third-order valence-corrected chi connectivity index (χ3v) is 4.08. The molecule has 0 heterocycles. The minimum Gasteiger partial charge on any atom is -0.370 e. The van der Waals surface area contributed by atoms with Gasteiger partial charge in [0.2, 0.25) is 0 Å². The number of halogens is 1. The van der Waals surface area contributed by atoms with Gasteiger partial charge < -0.3 is 4.74 Å². The van der Waals surface area contributed by atoms with Crippen molar-refractivity contribution >= 4 is 5.78 Å². The van der Waals surface area contributed by atoms with Crippen molar-refractivity contribution in [1.29, 1.82) is 0 Å². The highest BCUT2D eigenvalue weighted by Gasteiger charge is 2.27. The summed E-state index contributed by atoms with van der Waals surface area (Å²) in [6, 6.07) is 6.06. The van der Waals surface area contributed by atoms with Crippen LogP contribution in [0.3, 0.4) is 0 Å². The van der Waals surface area contributed by atoms with Crippen LogP contribution in [0.4, 0.5) is 4.39 Å². The molecule has 1 saturated carbocycles. The summed E-state index contributed by atoms with van der Waals surface area (Å²) in [6.45, 7) is 4.73. The maximum atomic E-state index is 12.8. The molecule has 0 radical (unpaired) electrons. The van der Waals surface area contributed by atoms with Gasteiger partial charge >= 0.3 is 0 Å². The Hall–Kier alpha value is -1.22. The van der Waals surface area contributed by atoms with Crippen molar-refractivity contribution in [2.75, 3.05) is 6.61 Å². The summed E-state index contributed by atoms with van der Waals surface area (Å²) in [5, 5.41) is 0. The molecule has 1 aromatic carbocycles. The van der Waals surface area contributed by atoms with Crippen LogP contribution in [0.5, 0.6) is 0 Å². The zero-order valence-corrected chi connectivity index (χ0v) is 12.3. The number of hydrogen-bond donors (Lipinski definition) is 0. The SMILES string of the molecule is CC1(C)CCC(OCC(=O)Cc2ccc(F)cc2)CC1. The molecule has 0 aromatic heterocycles. The Bertz CT molecular complexity index is 441. The maximum Gasteiger partial charge on any atom is 0.162 e. The van der Waals surface area contributed by atoms with Crippen molar-refractivity contribution in [3.8, 4) is 0 Å². The molecule has 3 heteroatoms. The largest absolute Gasteiger partial charge is 0.370 e. The molecule has 0 N–H and O–H groups in total. The van der Waals surface area contributed by atoms with Gasteiger partial charge in [-0.25, -0.2) is 4.39 Å². The number of ether oxygens (including phenoxy) is 1. The quantitative estimate of drug-likeness (QED) is 0.816. The lowest BCUT2D eigenvalue weighted by molar-refractivity contribution is -0.126. The lowest BCUT2D eigenvalue weighted by Crippen LogP contribution is -2.28. The summed E-state index contributed by atoms with van der Waals surface area (Å²) < 4.78 is 18.5. The molecule has 110 valence electrons. The first-order chi connectivity index (χ1) is 9.44. The summed E-state index contributed by atoms with van der Waals surface area (Å²) >= 11 is 0. The molecule has 0 saturated heterocycles. The highest BCUT2D eigenvalue weighted by molar-refractivity contribution is 5.82. The molecule has 20 heavy (non-hydrogen) atoms. The molecule has 1 aliphatic rings. The molecule has 0 aliphatic heterocycles. The number of Topliss-reactive ketones (excluding diaryl/α,β-unsaturated/α-hetero) is 1. The van der Waals surface area contributed by atoms with Crippen LogP contribution in [0.15, 0.2) is 24.3 Å². The van der Waals surface area contributed by atoms with Crippen molar-refractivity contribution in [1.82, 2.24) is 0 Å². The van der Waals surface area contributed by atoms with E-state index in [0.717, 1.165) is 31.2 Å². The van der Waals surface area contributed by atoms with Gasteiger partial charge in [0.25, 0.3) is 0 Å². The van der Waals surface area contributed by atoms with E-state index in [1.165, 1.54) is 12.1 Å². The van der Waals surface area contributed by atoms with Crippen LogP contribution < -0.4 is 0 Å². The van der Waals surface area contributed by atoms with Gasteiger partial charge in [-0.05, 0) is 48.8 Å². The van der Waals surface area contributed by atoms with Crippen LogP contribution in [0.25, 0.3) is 0 Å². The first kappa shape index (κ1) is 15.2. The van der Waals surface area contributed by atoms with Gasteiger partial charge in [-0.15, -0.1) is 0 Å². The molecular weight excluding hydrogens is 255 g/mol. The smallest absolute Gasteiger partial charge is 0.162 e. The molecular formula is C17H23FO2. The predicted molar refractivity (Wildman–Crippen MR) is 77.1 cm³/mol. The Morgan fingerprint density at radius 2 is 1.85 bits per heavy atom. The molecule has 0 spiro atoms. The molecule has 0 bridgehead atoms. The summed E-state index contributed by atoms with van der Waals surface area (Å²) in [7, 11) is 0. The van der Waals surface area contributed by atoms with Gasteiger partial charge in [-0.1, -0.05) is 26.0 Å². The van der Waals surface area contributed by atoms with Crippen LogP contribution in [0.1, 0.15) is 45.1 Å². The van der Waals surface area contributed by atoms with Crippen LogP contribution >= 0.6 is 0 Å². The van der Waals surface area contributed by atoms with Gasteiger partial charge in [-0.2, -0.15) is 0 Å². The highest BCUT2D eigenvalue weighted by Crippen LogP contribution is 2.36. The molecule has 1 fully saturated rings. The van der Waals surface area contributed by atoms with Crippen LogP contribution in [-0.2, 0) is 16.0 Å². The number of ketones is 1. The lowest BCUT2D eigenvalue weighted by atomic mass is 9.76. The maximum absolute atomic E-state index is 12.8. The fourth-order valence-electron chi connectivity index (χ4n) is 2.63. The number of hydrogen-bond acceptors (Lipinski definition) is 2. The molecule has 0 atom stereocenters. The van der Waals surface area contributed by atoms with E-state index in [1.54, 1.807) is 12.1 Å². The Morgan fingerprint density at radius 1 is 1.25 bits per heavy atom. The monoisotopic (exact) mass is 278 g/mol. The summed E-state index contributed by atoms with van der Waals surface area (Å²) in [4.78, 5) is 11.8. The summed E-state index contributed by atoms with van der Waals surface area (Å²) in [6.07, 6.45) is 4.93. The molecule has 2 nitrogen and oxygen atoms in total. The van der Waals surface area contributed by atoms with Gasteiger partial charge in [-0.3, -0.25) is 4.79 Å². The fraction of sp³-hybridized carbons (Fsp3) is 0.588. The van der Waals surface area contributed by atoms with E-state index in [1.807, 2.05) is 0 Å². The Balaban J connectivity index is 1.72. The molecule has 1 aliphatic carbocycles. The van der Waals surface area contributed by atoms with E-state index >= 15 is 0 Å². The first-order valence-electron chi connectivity index (χ1n) is 7.32. The second-order valence-electron chi connectivity index (χ2n) is 6.52. The predicted octanol–water partition coefficient (Wildman–Crippen LogP) is 3.92. The summed E-state index contributed by atoms with van der Waals surface area (Å²) in [5.74, 6) is -0.219. The number of carbonyl (C=O) groups is 1. The minimum atomic E-state index is -0.276. The second kappa shape index (κ2) is 6.49. The Labute approximate surface area is 120 Å². The molecule has 0 amide bonds. The third kappa shape index (κ3) is 4.71. The Kier molecular flexibility index (Phi) is 4.92. The van der Waals surface area contributed by atoms with E-state index in [-0.39, 0.29) is 24.3 Å². The van der Waals surface area contributed by atoms with Crippen molar-refractivity contribution < 1.29 is 13.9 Å². The van der Waals surface area contributed by atoms with Gasteiger partial charge in [0.1, 0.15) is 12.4 Å². The molecule has 2 rings (SSSR count). The number of carbonyl (C=O) groups excluding carboxylic acids is 1. The van der Waals surface area contributed by atoms with Crippen molar-refractivity contribution in [3.63, 3.8) is 0 Å². The second-order valence-corrected chi connectivity index (χ2v) is 6.52. The zero-order valence-electron chi connectivity index (χ0n) is 12.3. The highest BCUT2D eigenvalue weighted by atomic mass is 19.1. The van der Waals surface area contributed by atoms with Crippen LogP contribution in [0.2, 0.25) is 0 Å². The first-order valence-corrected chi connectivity index (χ1v) is 7.32. The van der Waals surface area contributed by atoms with E-state index in [0.29, 0.717) is 11.8 Å². The van der Waals surface area contributed by atoms with Gasteiger partial charge in [0.05, 0.1) is 6.10 Å². The van der Waals surface area contributed by atoms with E-state index in [9.17, 15) is 9.18 Å². The van der Waals surface area contributed by atoms with E-state index < -0.39 is 0 Å². The zero-order chi connectivity index (χ0) is 14.6. The van der Waals surface area contributed by atoms with E-state index in [4.69, 9.17) is 4.74 Å². The number of rotatable bonds is 5. The average molecular weight is 278 g/mol. The fourth-order valence-corrected chi connectivity index (χ4v) is 2.63. The molecule has 1 aromatic rings. The molecule has 0 unspecified atom stereocenters. The lowest BCUT2D eigenvalue weighted by Gasteiger charge is -2.34. The topological polar surface area (TPSA) is 26.3 Å². The van der Waals surface area contributed by atoms with E-state index in [2.05, 4.69) is 13.8 Å². The normalized spacial score (nSPS) is 18.9. The van der Waals surface area contributed by atoms with Crippen molar-refractivity contribution in [2.24, 2.45) is 5.41 Å². The summed E-state index contributed by atoms with van der Waals surface area (Å²) in [5.41, 5.74) is 1.25. The van der Waals surface area contributed by atoms with Gasteiger partial charge in [0, 0.05) is 6.42 Å². The third-order valence-electron chi connectivity index (χ3n) is 4.08. The standard InChI is InChI=1S/C17H23FO2/c1-17(2)9-7-16(8-10-17)20-12-15(19)11-13-3-5-14(18)6-4-13/h3-6,16H,7-12H2,1-2H3. The Morgan fingerprint density at radius 3 is 2.45 bits per heavy atom. The van der Waals surface area contributed by atoms with Crippen LogP contribution in [-0.4, -0.2) is 18.5 Å². The number of benzene rings is 1. The van der Waals surface area contributed by atoms with Crippen molar-refractivity contribution in [3.05, 3.63) is 35.6 Å². The van der Waals surface area contributed by atoms with Gasteiger partial charge in [0.15, 0.2) is 5.78 Å². The average Bonchev–Trinajstić information content (AvgIpc) is 2.40. The minimum absolute atomic E-state index is 0.0569. The van der Waals surface area contributed by atoms with Crippen LogP contribution in [0, 0.1) is 11.2 Å².